The van der Waals surface area contributed by atoms with Crippen molar-refractivity contribution in [1.29, 1.82) is 0 Å². The van der Waals surface area contributed by atoms with Crippen LogP contribution in [0.3, 0.4) is 0 Å². The second-order valence-electron chi connectivity index (χ2n) is 2.03. The Labute approximate surface area is 79.7 Å². The molecule has 0 saturated heterocycles. The second-order valence-corrected chi connectivity index (χ2v) is 2.59. The summed E-state index contributed by atoms with van der Waals surface area (Å²) in [6, 6.07) is 0. The molecule has 0 unspecified atom stereocenters. The highest BCUT2D eigenvalue weighted by Crippen LogP contribution is 2.06. The van der Waals surface area contributed by atoms with Crippen molar-refractivity contribution in [3.63, 3.8) is 0 Å². The Morgan fingerprint density at radius 3 is 2.58 bits per heavy atom. The van der Waals surface area contributed by atoms with Gasteiger partial charge < -0.3 is 0 Å². The molecule has 4 heteroatoms. The summed E-state index contributed by atoms with van der Waals surface area (Å²) >= 11 is 3.19. The van der Waals surface area contributed by atoms with Gasteiger partial charge in [-0.1, -0.05) is 28.6 Å². The molecule has 0 radical (unpaired) electrons. The van der Waals surface area contributed by atoms with Gasteiger partial charge in [0.1, 0.15) is 0 Å². The molecule has 0 aliphatic carbocycles. The summed E-state index contributed by atoms with van der Waals surface area (Å²) in [6.07, 6.45) is 4.52. The number of hydrogen-bond acceptors (Lipinski definition) is 2. The van der Waals surface area contributed by atoms with Crippen LogP contribution >= 0.6 is 15.9 Å². The molecule has 0 atom stereocenters. The van der Waals surface area contributed by atoms with Crippen molar-refractivity contribution in [2.24, 2.45) is 0 Å². The van der Waals surface area contributed by atoms with Crippen molar-refractivity contribution in [3.8, 4) is 0 Å². The minimum atomic E-state index is -0.424. The van der Waals surface area contributed by atoms with E-state index in [1.165, 1.54) is 12.2 Å². The van der Waals surface area contributed by atoms with Crippen LogP contribution in [0.5, 0.6) is 0 Å². The van der Waals surface area contributed by atoms with Gasteiger partial charge in [0.05, 0.1) is 4.92 Å². The topological polar surface area (TPSA) is 43.1 Å². The van der Waals surface area contributed by atoms with Crippen LogP contribution in [-0.2, 0) is 0 Å². The predicted molar refractivity (Wildman–Crippen MR) is 52.8 cm³/mol. The summed E-state index contributed by atoms with van der Waals surface area (Å²) < 4.78 is 0. The molecule has 0 fully saturated rings. The quantitative estimate of drug-likeness (QED) is 0.323. The van der Waals surface area contributed by atoms with Gasteiger partial charge in [-0.3, -0.25) is 10.1 Å². The number of allylic oxidation sites excluding steroid dienone is 4. The Hall–Kier alpha value is -0.900. The van der Waals surface area contributed by atoms with Crippen LogP contribution in [0.15, 0.2) is 36.1 Å². The first-order chi connectivity index (χ1) is 5.65. The molecule has 12 heavy (non-hydrogen) atoms. The van der Waals surface area contributed by atoms with E-state index in [9.17, 15) is 10.1 Å². The number of rotatable bonds is 4. The molecule has 0 bridgehead atoms. The Balaban J connectivity index is 4.68. The molecule has 0 amide bonds. The van der Waals surface area contributed by atoms with Crippen LogP contribution in [0.2, 0.25) is 0 Å². The Morgan fingerprint density at radius 1 is 1.75 bits per heavy atom. The van der Waals surface area contributed by atoms with E-state index < -0.39 is 4.92 Å². The minimum Gasteiger partial charge on any atom is -0.258 e. The maximum absolute atomic E-state index is 10.3. The van der Waals surface area contributed by atoms with Gasteiger partial charge in [-0.15, -0.1) is 0 Å². The third kappa shape index (κ3) is 3.48. The van der Waals surface area contributed by atoms with Crippen molar-refractivity contribution in [2.45, 2.75) is 6.92 Å². The van der Waals surface area contributed by atoms with Gasteiger partial charge in [-0.05, 0) is 18.6 Å². The summed E-state index contributed by atoms with van der Waals surface area (Å²) in [6.45, 7) is 5.16. The van der Waals surface area contributed by atoms with Gasteiger partial charge in [-0.25, -0.2) is 0 Å². The maximum atomic E-state index is 10.3. The first kappa shape index (κ1) is 11.1. The smallest absolute Gasteiger partial charge is 0.258 e. The van der Waals surface area contributed by atoms with Crippen molar-refractivity contribution in [1.82, 2.24) is 0 Å². The fourth-order valence-corrected chi connectivity index (χ4v) is 0.974. The van der Waals surface area contributed by atoms with Crippen molar-refractivity contribution < 1.29 is 4.92 Å². The summed E-state index contributed by atoms with van der Waals surface area (Å²) in [5.74, 6) is 0. The molecule has 66 valence electrons. The fraction of sp³-hybridized carbons (Fsp3) is 0.250. The van der Waals surface area contributed by atoms with Gasteiger partial charge in [0.15, 0.2) is 0 Å². The molecule has 0 aliphatic rings. The van der Waals surface area contributed by atoms with Crippen molar-refractivity contribution in [2.75, 3.05) is 5.33 Å². The molecule has 0 aromatic carbocycles. The zero-order valence-corrected chi connectivity index (χ0v) is 8.37. The summed E-state index contributed by atoms with van der Waals surface area (Å²) in [5.41, 5.74) is 0.879. The van der Waals surface area contributed by atoms with Crippen LogP contribution in [-0.4, -0.2) is 10.3 Å². The highest BCUT2D eigenvalue weighted by Gasteiger charge is 2.04. The Kier molecular flexibility index (Phi) is 5.28. The molecule has 0 rings (SSSR count). The molecule has 0 saturated carbocycles. The summed E-state index contributed by atoms with van der Waals surface area (Å²) in [4.78, 5) is 9.92. The molecule has 3 nitrogen and oxygen atoms in total. The average molecular weight is 232 g/mol. The van der Waals surface area contributed by atoms with E-state index in [2.05, 4.69) is 22.5 Å². The monoisotopic (exact) mass is 231 g/mol. The molecule has 0 aliphatic heterocycles. The van der Waals surface area contributed by atoms with E-state index >= 15 is 0 Å². The SMILES string of the molecule is C=C/C(=C\C(=C/C)[N+](=O)[O-])CBr. The number of hydrogen-bond donors (Lipinski definition) is 0. The van der Waals surface area contributed by atoms with Gasteiger partial charge in [-0.2, -0.15) is 0 Å². The van der Waals surface area contributed by atoms with E-state index in [0.717, 1.165) is 5.57 Å². The molecule has 0 aromatic rings. The van der Waals surface area contributed by atoms with E-state index in [-0.39, 0.29) is 5.70 Å². The lowest BCUT2D eigenvalue weighted by Gasteiger charge is -1.93. The minimum absolute atomic E-state index is 0.0874. The number of halogens is 1. The molecular formula is C8H10BrNO2. The first-order valence-corrected chi connectivity index (χ1v) is 4.47. The third-order valence-corrected chi connectivity index (χ3v) is 1.90. The third-order valence-electron chi connectivity index (χ3n) is 1.26. The van der Waals surface area contributed by atoms with Gasteiger partial charge >= 0.3 is 0 Å². The highest BCUT2D eigenvalue weighted by atomic mass is 79.9. The normalized spacial score (nSPS) is 12.8. The van der Waals surface area contributed by atoms with Crippen molar-refractivity contribution >= 4 is 15.9 Å². The van der Waals surface area contributed by atoms with E-state index in [0.29, 0.717) is 5.33 Å². The standard InChI is InChI=1S/C8H10BrNO2/c1-3-7(6-9)5-8(4-2)10(11)12/h3-5H,1,6H2,2H3/b7-5+,8-4+. The van der Waals surface area contributed by atoms with Gasteiger partial charge in [0, 0.05) is 11.4 Å². The summed E-state index contributed by atoms with van der Waals surface area (Å²) in [5, 5.41) is 10.9. The second kappa shape index (κ2) is 5.71. The van der Waals surface area contributed by atoms with Crippen LogP contribution in [0, 0.1) is 10.1 Å². The van der Waals surface area contributed by atoms with E-state index in [1.54, 1.807) is 13.0 Å². The molecular weight excluding hydrogens is 222 g/mol. The van der Waals surface area contributed by atoms with Gasteiger partial charge in [0.2, 0.25) is 0 Å². The Bertz CT molecular complexity index is 243. The average Bonchev–Trinajstić information content (AvgIpc) is 2.06. The predicted octanol–water partition coefficient (Wildman–Crippen LogP) is 2.67. The highest BCUT2D eigenvalue weighted by molar-refractivity contribution is 9.09. The van der Waals surface area contributed by atoms with E-state index in [1.807, 2.05) is 0 Å². The van der Waals surface area contributed by atoms with Crippen molar-refractivity contribution in [3.05, 3.63) is 46.2 Å². The van der Waals surface area contributed by atoms with Crippen LogP contribution in [0.25, 0.3) is 0 Å². The first-order valence-electron chi connectivity index (χ1n) is 3.35. The fourth-order valence-electron chi connectivity index (χ4n) is 0.583. The Morgan fingerprint density at radius 2 is 2.33 bits per heavy atom. The molecule has 0 aromatic heterocycles. The van der Waals surface area contributed by atoms with Gasteiger partial charge in [0.25, 0.3) is 5.70 Å². The van der Waals surface area contributed by atoms with Crippen LogP contribution in [0.1, 0.15) is 6.92 Å². The number of alkyl halides is 1. The lowest BCUT2D eigenvalue weighted by atomic mass is 10.2. The number of nitro groups is 1. The van der Waals surface area contributed by atoms with E-state index in [4.69, 9.17) is 0 Å². The lowest BCUT2D eigenvalue weighted by Crippen LogP contribution is -1.96. The zero-order chi connectivity index (χ0) is 9.56. The molecule has 0 heterocycles. The zero-order valence-electron chi connectivity index (χ0n) is 6.79. The molecule has 0 spiro atoms. The largest absolute Gasteiger partial charge is 0.265 e. The molecule has 0 N–H and O–H groups in total. The number of nitrogens with zero attached hydrogens (tertiary/aromatic N) is 1. The lowest BCUT2D eigenvalue weighted by molar-refractivity contribution is -0.419. The van der Waals surface area contributed by atoms with Crippen LogP contribution < -0.4 is 0 Å². The maximum Gasteiger partial charge on any atom is 0.265 e. The van der Waals surface area contributed by atoms with Crippen LogP contribution in [0.4, 0.5) is 0 Å². The summed E-state index contributed by atoms with van der Waals surface area (Å²) in [7, 11) is 0.